The van der Waals surface area contributed by atoms with E-state index in [1.54, 1.807) is 18.2 Å². The maximum absolute atomic E-state index is 11.9. The standard InChI is InChI=1S/C14H22N2O2/c1-3-4-5-7-10(2)16-14(18)11-8-6-9-12(15)13(11)17/h6,8-10,17H,3-5,7,15H2,1-2H3,(H,16,18). The molecule has 0 aliphatic heterocycles. The smallest absolute Gasteiger partial charge is 0.255 e. The fourth-order valence-corrected chi connectivity index (χ4v) is 1.82. The lowest BCUT2D eigenvalue weighted by Gasteiger charge is -2.14. The van der Waals surface area contributed by atoms with E-state index in [1.165, 1.54) is 6.42 Å². The molecule has 4 heteroatoms. The fourth-order valence-electron chi connectivity index (χ4n) is 1.82. The molecule has 0 saturated carbocycles. The van der Waals surface area contributed by atoms with Crippen LogP contribution in [-0.2, 0) is 0 Å². The summed E-state index contributed by atoms with van der Waals surface area (Å²) in [5.41, 5.74) is 6.01. The van der Waals surface area contributed by atoms with Crippen molar-refractivity contribution in [1.29, 1.82) is 0 Å². The first-order valence-electron chi connectivity index (χ1n) is 6.44. The molecule has 18 heavy (non-hydrogen) atoms. The third-order valence-electron chi connectivity index (χ3n) is 2.93. The van der Waals surface area contributed by atoms with Gasteiger partial charge in [0.2, 0.25) is 0 Å². The van der Waals surface area contributed by atoms with Crippen LogP contribution in [0.25, 0.3) is 0 Å². The highest BCUT2D eigenvalue weighted by atomic mass is 16.3. The van der Waals surface area contributed by atoms with Crippen molar-refractivity contribution < 1.29 is 9.90 Å². The number of aromatic hydroxyl groups is 1. The molecule has 0 spiro atoms. The van der Waals surface area contributed by atoms with Gasteiger partial charge in [-0.05, 0) is 25.5 Å². The number of phenols is 1. The number of carbonyl (C=O) groups is 1. The van der Waals surface area contributed by atoms with Gasteiger partial charge in [0.15, 0.2) is 5.75 Å². The van der Waals surface area contributed by atoms with Crippen LogP contribution in [-0.4, -0.2) is 17.1 Å². The number of phenolic OH excluding ortho intramolecular Hbond substituents is 1. The number of unbranched alkanes of at least 4 members (excludes halogenated alkanes) is 2. The van der Waals surface area contributed by atoms with Gasteiger partial charge < -0.3 is 16.2 Å². The van der Waals surface area contributed by atoms with Gasteiger partial charge in [0, 0.05) is 6.04 Å². The molecule has 1 amide bonds. The van der Waals surface area contributed by atoms with Crippen LogP contribution in [0.15, 0.2) is 18.2 Å². The SMILES string of the molecule is CCCCCC(C)NC(=O)c1cccc(N)c1O. The number of para-hydroxylation sites is 1. The predicted molar refractivity (Wildman–Crippen MR) is 73.6 cm³/mol. The highest BCUT2D eigenvalue weighted by molar-refractivity contribution is 5.98. The first-order chi connectivity index (χ1) is 8.56. The van der Waals surface area contributed by atoms with Crippen molar-refractivity contribution in [1.82, 2.24) is 5.32 Å². The molecule has 1 aromatic carbocycles. The molecule has 0 fully saturated rings. The Morgan fingerprint density at radius 3 is 2.83 bits per heavy atom. The number of hydrogen-bond donors (Lipinski definition) is 3. The highest BCUT2D eigenvalue weighted by Gasteiger charge is 2.14. The van der Waals surface area contributed by atoms with Crippen LogP contribution in [0.4, 0.5) is 5.69 Å². The number of hydrogen-bond acceptors (Lipinski definition) is 3. The van der Waals surface area contributed by atoms with Gasteiger partial charge in [-0.2, -0.15) is 0 Å². The molecule has 4 N–H and O–H groups in total. The second-order valence-corrected chi connectivity index (χ2v) is 4.61. The number of amides is 1. The van der Waals surface area contributed by atoms with E-state index in [2.05, 4.69) is 12.2 Å². The monoisotopic (exact) mass is 250 g/mol. The fraction of sp³-hybridized carbons (Fsp3) is 0.500. The Balaban J connectivity index is 2.57. The predicted octanol–water partition coefficient (Wildman–Crippen LogP) is 2.67. The van der Waals surface area contributed by atoms with E-state index in [4.69, 9.17) is 5.73 Å². The number of nitrogen functional groups attached to an aromatic ring is 1. The van der Waals surface area contributed by atoms with Gasteiger partial charge in [-0.3, -0.25) is 4.79 Å². The van der Waals surface area contributed by atoms with Crippen molar-refractivity contribution in [2.75, 3.05) is 5.73 Å². The largest absolute Gasteiger partial charge is 0.505 e. The maximum atomic E-state index is 11.9. The average molecular weight is 250 g/mol. The van der Waals surface area contributed by atoms with E-state index in [0.29, 0.717) is 0 Å². The lowest BCUT2D eigenvalue weighted by Crippen LogP contribution is -2.32. The van der Waals surface area contributed by atoms with Crippen molar-refractivity contribution in [3.05, 3.63) is 23.8 Å². The second kappa shape index (κ2) is 6.89. The Kier molecular flexibility index (Phi) is 5.49. The van der Waals surface area contributed by atoms with Crippen molar-refractivity contribution in [2.24, 2.45) is 0 Å². The molecule has 0 aliphatic rings. The molecule has 0 aliphatic carbocycles. The molecule has 0 aromatic heterocycles. The molecular weight excluding hydrogens is 228 g/mol. The minimum absolute atomic E-state index is 0.102. The first-order valence-corrected chi connectivity index (χ1v) is 6.44. The van der Waals surface area contributed by atoms with Crippen molar-refractivity contribution in [3.63, 3.8) is 0 Å². The minimum atomic E-state index is -0.274. The number of rotatable bonds is 6. The molecule has 1 rings (SSSR count). The number of carbonyl (C=O) groups excluding carboxylic acids is 1. The lowest BCUT2D eigenvalue weighted by atomic mass is 10.1. The Hall–Kier alpha value is -1.71. The number of benzene rings is 1. The summed E-state index contributed by atoms with van der Waals surface area (Å²) in [6, 6.07) is 4.90. The van der Waals surface area contributed by atoms with Gasteiger partial charge in [-0.1, -0.05) is 32.3 Å². The van der Waals surface area contributed by atoms with Gasteiger partial charge in [-0.15, -0.1) is 0 Å². The quantitative estimate of drug-likeness (QED) is 0.413. The van der Waals surface area contributed by atoms with Crippen molar-refractivity contribution in [3.8, 4) is 5.75 Å². The van der Waals surface area contributed by atoms with Crippen LogP contribution >= 0.6 is 0 Å². The summed E-state index contributed by atoms with van der Waals surface area (Å²) in [5, 5.41) is 12.6. The maximum Gasteiger partial charge on any atom is 0.255 e. The van der Waals surface area contributed by atoms with Crippen LogP contribution in [0, 0.1) is 0 Å². The summed E-state index contributed by atoms with van der Waals surface area (Å²) in [7, 11) is 0. The van der Waals surface area contributed by atoms with Gasteiger partial charge in [0.25, 0.3) is 5.91 Å². The number of nitrogens with one attached hydrogen (secondary N) is 1. The molecule has 1 unspecified atom stereocenters. The second-order valence-electron chi connectivity index (χ2n) is 4.61. The molecule has 100 valence electrons. The van der Waals surface area contributed by atoms with Crippen molar-refractivity contribution >= 4 is 11.6 Å². The molecule has 0 bridgehead atoms. The van der Waals surface area contributed by atoms with Gasteiger partial charge in [0.05, 0.1) is 11.3 Å². The van der Waals surface area contributed by atoms with E-state index in [0.717, 1.165) is 19.3 Å². The van der Waals surface area contributed by atoms with Crippen LogP contribution in [0.3, 0.4) is 0 Å². The topological polar surface area (TPSA) is 75.4 Å². The van der Waals surface area contributed by atoms with Gasteiger partial charge in [0.1, 0.15) is 0 Å². The van der Waals surface area contributed by atoms with Gasteiger partial charge in [-0.25, -0.2) is 0 Å². The molecule has 4 nitrogen and oxygen atoms in total. The Labute approximate surface area is 108 Å². The highest BCUT2D eigenvalue weighted by Crippen LogP contribution is 2.24. The Bertz CT molecular complexity index is 405. The summed E-state index contributed by atoms with van der Waals surface area (Å²) < 4.78 is 0. The Morgan fingerprint density at radius 1 is 1.44 bits per heavy atom. The van der Waals surface area contributed by atoms with Crippen LogP contribution in [0.1, 0.15) is 49.9 Å². The molecule has 0 saturated heterocycles. The summed E-state index contributed by atoms with van der Waals surface area (Å²) in [4.78, 5) is 11.9. The summed E-state index contributed by atoms with van der Waals surface area (Å²) in [5.74, 6) is -0.417. The molecule has 0 heterocycles. The zero-order valence-corrected chi connectivity index (χ0v) is 11.1. The first kappa shape index (κ1) is 14.4. The third kappa shape index (κ3) is 3.95. The van der Waals surface area contributed by atoms with Crippen LogP contribution in [0.5, 0.6) is 5.75 Å². The zero-order valence-electron chi connectivity index (χ0n) is 11.1. The lowest BCUT2D eigenvalue weighted by molar-refractivity contribution is 0.0935. The minimum Gasteiger partial charge on any atom is -0.505 e. The normalized spacial score (nSPS) is 12.1. The zero-order chi connectivity index (χ0) is 13.5. The van der Waals surface area contributed by atoms with E-state index in [-0.39, 0.29) is 28.9 Å². The molecule has 1 aromatic rings. The van der Waals surface area contributed by atoms with E-state index in [1.807, 2.05) is 6.92 Å². The molecule has 1 atom stereocenters. The van der Waals surface area contributed by atoms with E-state index < -0.39 is 0 Å². The molecule has 0 radical (unpaired) electrons. The van der Waals surface area contributed by atoms with E-state index in [9.17, 15) is 9.90 Å². The summed E-state index contributed by atoms with van der Waals surface area (Å²) >= 11 is 0. The van der Waals surface area contributed by atoms with Crippen LogP contribution < -0.4 is 11.1 Å². The van der Waals surface area contributed by atoms with Gasteiger partial charge >= 0.3 is 0 Å². The van der Waals surface area contributed by atoms with Crippen LogP contribution in [0.2, 0.25) is 0 Å². The van der Waals surface area contributed by atoms with E-state index >= 15 is 0 Å². The summed E-state index contributed by atoms with van der Waals surface area (Å²) in [6.07, 6.45) is 4.38. The van der Waals surface area contributed by atoms with Crippen molar-refractivity contribution in [2.45, 2.75) is 45.6 Å². The number of anilines is 1. The number of nitrogens with two attached hydrogens (primary N) is 1. The summed E-state index contributed by atoms with van der Waals surface area (Å²) in [6.45, 7) is 4.12. The average Bonchev–Trinajstić information content (AvgIpc) is 2.32. The Morgan fingerprint density at radius 2 is 2.17 bits per heavy atom. The molecular formula is C14H22N2O2. The third-order valence-corrected chi connectivity index (χ3v) is 2.93.